The van der Waals surface area contributed by atoms with E-state index in [9.17, 15) is 18.0 Å². The zero-order valence-corrected chi connectivity index (χ0v) is 16.2. The Morgan fingerprint density at radius 2 is 1.90 bits per heavy atom. The standard InChI is InChI=1S/C21H20F3N3O2/c1-4-17-13(2)19(27(3)26-17)20(28)25-14-8-7-9-15(12-14)29-18-11-6-5-10-16(18)21(22,23)24/h5-12H,4H2,1-3H3,(H,25,28). The molecular formula is C21H20F3N3O2. The van der Waals surface area contributed by atoms with E-state index in [0.29, 0.717) is 17.8 Å². The fourth-order valence-corrected chi connectivity index (χ4v) is 3.08. The highest BCUT2D eigenvalue weighted by molar-refractivity contribution is 6.04. The van der Waals surface area contributed by atoms with Gasteiger partial charge in [-0.15, -0.1) is 0 Å². The summed E-state index contributed by atoms with van der Waals surface area (Å²) in [5, 5.41) is 7.07. The average molecular weight is 403 g/mol. The third-order valence-electron chi connectivity index (χ3n) is 4.44. The molecule has 0 saturated carbocycles. The van der Waals surface area contributed by atoms with E-state index >= 15 is 0 Å². The Kier molecular flexibility index (Phi) is 5.63. The lowest BCUT2D eigenvalue weighted by Crippen LogP contribution is -2.17. The highest BCUT2D eigenvalue weighted by Gasteiger charge is 2.34. The fraction of sp³-hybridized carbons (Fsp3) is 0.238. The summed E-state index contributed by atoms with van der Waals surface area (Å²) in [4.78, 5) is 12.7. The summed E-state index contributed by atoms with van der Waals surface area (Å²) in [6, 6.07) is 11.2. The van der Waals surface area contributed by atoms with Crippen molar-refractivity contribution in [1.82, 2.24) is 9.78 Å². The monoisotopic (exact) mass is 403 g/mol. The topological polar surface area (TPSA) is 56.2 Å². The number of anilines is 1. The van der Waals surface area contributed by atoms with Gasteiger partial charge >= 0.3 is 6.18 Å². The largest absolute Gasteiger partial charge is 0.457 e. The molecule has 5 nitrogen and oxygen atoms in total. The number of carbonyl (C=O) groups excluding carboxylic acids is 1. The molecule has 0 radical (unpaired) electrons. The predicted molar refractivity (Wildman–Crippen MR) is 103 cm³/mol. The SMILES string of the molecule is CCc1nn(C)c(C(=O)Nc2cccc(Oc3ccccc3C(F)(F)F)c2)c1C. The van der Waals surface area contributed by atoms with E-state index in [-0.39, 0.29) is 17.4 Å². The summed E-state index contributed by atoms with van der Waals surface area (Å²) in [7, 11) is 1.69. The van der Waals surface area contributed by atoms with Crippen LogP contribution < -0.4 is 10.1 Å². The van der Waals surface area contributed by atoms with Crippen LogP contribution >= 0.6 is 0 Å². The molecule has 0 spiro atoms. The van der Waals surface area contributed by atoms with Crippen LogP contribution in [-0.4, -0.2) is 15.7 Å². The second-order valence-corrected chi connectivity index (χ2v) is 6.48. The van der Waals surface area contributed by atoms with Gasteiger partial charge in [0.25, 0.3) is 5.91 Å². The van der Waals surface area contributed by atoms with Gasteiger partial charge in [0.1, 0.15) is 17.2 Å². The third-order valence-corrected chi connectivity index (χ3v) is 4.44. The number of amides is 1. The molecule has 29 heavy (non-hydrogen) atoms. The first-order valence-electron chi connectivity index (χ1n) is 8.98. The maximum Gasteiger partial charge on any atom is 0.419 e. The van der Waals surface area contributed by atoms with Gasteiger partial charge in [-0.25, -0.2) is 0 Å². The number of carbonyl (C=O) groups is 1. The van der Waals surface area contributed by atoms with Crippen LogP contribution in [0.25, 0.3) is 0 Å². The second kappa shape index (κ2) is 7.98. The van der Waals surface area contributed by atoms with Gasteiger partial charge in [0, 0.05) is 24.4 Å². The molecule has 1 heterocycles. The van der Waals surface area contributed by atoms with Crippen molar-refractivity contribution in [3.05, 3.63) is 71.0 Å². The van der Waals surface area contributed by atoms with Crippen LogP contribution in [0.5, 0.6) is 11.5 Å². The molecule has 0 saturated heterocycles. The fourth-order valence-electron chi connectivity index (χ4n) is 3.08. The first-order chi connectivity index (χ1) is 13.7. The van der Waals surface area contributed by atoms with E-state index in [2.05, 4.69) is 10.4 Å². The molecule has 1 N–H and O–H groups in total. The number of hydrogen-bond donors (Lipinski definition) is 1. The molecule has 0 aliphatic rings. The molecular weight excluding hydrogens is 383 g/mol. The van der Waals surface area contributed by atoms with Crippen LogP contribution in [0.1, 0.15) is 34.2 Å². The summed E-state index contributed by atoms with van der Waals surface area (Å²) in [6.07, 6.45) is -3.83. The third kappa shape index (κ3) is 4.42. The van der Waals surface area contributed by atoms with Crippen LogP contribution in [0.4, 0.5) is 18.9 Å². The normalized spacial score (nSPS) is 11.4. The molecule has 3 rings (SSSR count). The van der Waals surface area contributed by atoms with Crippen LogP contribution in [0.2, 0.25) is 0 Å². The molecule has 0 bridgehead atoms. The van der Waals surface area contributed by atoms with Crippen molar-refractivity contribution in [2.45, 2.75) is 26.4 Å². The van der Waals surface area contributed by atoms with Crippen molar-refractivity contribution in [2.75, 3.05) is 5.32 Å². The molecule has 152 valence electrons. The maximum atomic E-state index is 13.2. The number of hydrogen-bond acceptors (Lipinski definition) is 3. The minimum Gasteiger partial charge on any atom is -0.457 e. The summed E-state index contributed by atoms with van der Waals surface area (Å²) in [6.45, 7) is 3.78. The molecule has 0 fully saturated rings. The van der Waals surface area contributed by atoms with Crippen LogP contribution in [-0.2, 0) is 19.6 Å². The summed E-state index contributed by atoms with van der Waals surface area (Å²) in [5.74, 6) is -0.487. The molecule has 0 aliphatic heterocycles. The molecule has 0 unspecified atom stereocenters. The minimum atomic E-state index is -4.53. The van der Waals surface area contributed by atoms with Gasteiger partial charge in [0.2, 0.25) is 0 Å². The quantitative estimate of drug-likeness (QED) is 0.624. The van der Waals surface area contributed by atoms with Crippen molar-refractivity contribution in [3.63, 3.8) is 0 Å². The lowest BCUT2D eigenvalue weighted by atomic mass is 10.1. The second-order valence-electron chi connectivity index (χ2n) is 6.48. The van der Waals surface area contributed by atoms with Gasteiger partial charge in [-0.1, -0.05) is 25.1 Å². The Morgan fingerprint density at radius 3 is 2.55 bits per heavy atom. The van der Waals surface area contributed by atoms with Gasteiger partial charge in [0.15, 0.2) is 0 Å². The van der Waals surface area contributed by atoms with E-state index in [1.54, 1.807) is 19.2 Å². The number of para-hydroxylation sites is 1. The van der Waals surface area contributed by atoms with Crippen LogP contribution in [0.15, 0.2) is 48.5 Å². The maximum absolute atomic E-state index is 13.2. The zero-order chi connectivity index (χ0) is 21.2. The highest BCUT2D eigenvalue weighted by Crippen LogP contribution is 2.38. The predicted octanol–water partition coefficient (Wildman–Crippen LogP) is 5.35. The Balaban J connectivity index is 1.83. The van der Waals surface area contributed by atoms with Crippen molar-refractivity contribution in [3.8, 4) is 11.5 Å². The number of halogens is 3. The highest BCUT2D eigenvalue weighted by atomic mass is 19.4. The first-order valence-corrected chi connectivity index (χ1v) is 8.98. The van der Waals surface area contributed by atoms with Crippen molar-refractivity contribution < 1.29 is 22.7 Å². The minimum absolute atomic E-state index is 0.176. The van der Waals surface area contributed by atoms with Gasteiger partial charge < -0.3 is 10.1 Å². The Hall–Kier alpha value is -3.29. The van der Waals surface area contributed by atoms with Gasteiger partial charge in [-0.05, 0) is 37.6 Å². The van der Waals surface area contributed by atoms with Crippen LogP contribution in [0.3, 0.4) is 0 Å². The zero-order valence-electron chi connectivity index (χ0n) is 16.2. The van der Waals surface area contributed by atoms with E-state index < -0.39 is 11.7 Å². The summed E-state index contributed by atoms with van der Waals surface area (Å²) in [5.41, 5.74) is 1.58. The Bertz CT molecular complexity index is 1040. The molecule has 0 aliphatic carbocycles. The molecule has 1 amide bonds. The summed E-state index contributed by atoms with van der Waals surface area (Å²) >= 11 is 0. The number of nitrogens with zero attached hydrogens (tertiary/aromatic N) is 2. The number of aryl methyl sites for hydroxylation is 2. The smallest absolute Gasteiger partial charge is 0.419 e. The number of rotatable bonds is 5. The number of ether oxygens (including phenoxy) is 1. The van der Waals surface area contributed by atoms with E-state index in [0.717, 1.165) is 17.3 Å². The van der Waals surface area contributed by atoms with E-state index in [1.165, 1.54) is 35.0 Å². The van der Waals surface area contributed by atoms with E-state index in [1.807, 2.05) is 13.8 Å². The molecule has 0 atom stereocenters. The first kappa shape index (κ1) is 20.4. The molecule has 1 aromatic heterocycles. The van der Waals surface area contributed by atoms with Crippen molar-refractivity contribution in [2.24, 2.45) is 7.05 Å². The van der Waals surface area contributed by atoms with Gasteiger partial charge in [0.05, 0.1) is 11.3 Å². The van der Waals surface area contributed by atoms with Crippen molar-refractivity contribution >= 4 is 11.6 Å². The average Bonchev–Trinajstić information content (AvgIpc) is 2.95. The number of alkyl halides is 3. The molecule has 3 aromatic rings. The Labute approximate surface area is 166 Å². The summed E-state index contributed by atoms with van der Waals surface area (Å²) < 4.78 is 46.4. The van der Waals surface area contributed by atoms with Gasteiger partial charge in [-0.3, -0.25) is 9.48 Å². The molecule has 8 heteroatoms. The van der Waals surface area contributed by atoms with Crippen LogP contribution in [0, 0.1) is 6.92 Å². The van der Waals surface area contributed by atoms with Gasteiger partial charge in [-0.2, -0.15) is 18.3 Å². The lowest BCUT2D eigenvalue weighted by molar-refractivity contribution is -0.138. The number of benzene rings is 2. The van der Waals surface area contributed by atoms with E-state index in [4.69, 9.17) is 4.74 Å². The lowest BCUT2D eigenvalue weighted by Gasteiger charge is -2.14. The van der Waals surface area contributed by atoms with Crippen molar-refractivity contribution in [1.29, 1.82) is 0 Å². The number of nitrogens with one attached hydrogen (secondary N) is 1. The Morgan fingerprint density at radius 1 is 1.17 bits per heavy atom. The number of aromatic nitrogens is 2. The molecule has 2 aromatic carbocycles.